The van der Waals surface area contributed by atoms with Crippen molar-refractivity contribution in [3.8, 4) is 17.1 Å². The van der Waals surface area contributed by atoms with Crippen LogP contribution in [-0.4, -0.2) is 32.3 Å². The summed E-state index contributed by atoms with van der Waals surface area (Å²) in [5.74, 6) is 0.796. The van der Waals surface area contributed by atoms with Gasteiger partial charge >= 0.3 is 0 Å². The van der Waals surface area contributed by atoms with Crippen molar-refractivity contribution < 1.29 is 9.53 Å². The third-order valence-corrected chi connectivity index (χ3v) is 3.07. The lowest BCUT2D eigenvalue weighted by atomic mass is 10.2. The number of fused-ring (bicyclic) bond motifs is 1. The summed E-state index contributed by atoms with van der Waals surface area (Å²) in [4.78, 5) is 18.5. The summed E-state index contributed by atoms with van der Waals surface area (Å²) in [7, 11) is 0. The molecule has 1 aromatic carbocycles. The number of primary amides is 1. The van der Waals surface area contributed by atoms with Crippen molar-refractivity contribution in [3.05, 3.63) is 30.5 Å². The van der Waals surface area contributed by atoms with Crippen LogP contribution in [0, 0.1) is 0 Å². The van der Waals surface area contributed by atoms with Gasteiger partial charge in [0.2, 0.25) is 0 Å². The summed E-state index contributed by atoms with van der Waals surface area (Å²) >= 11 is 0. The molecule has 7 nitrogen and oxygen atoms in total. The molecule has 1 amide bonds. The Kier molecular flexibility index (Phi) is 3.31. The maximum atomic E-state index is 10.7. The number of imidazole rings is 1. The summed E-state index contributed by atoms with van der Waals surface area (Å²) in [6.07, 6.45) is 1.75. The van der Waals surface area contributed by atoms with E-state index in [0.717, 1.165) is 29.1 Å². The van der Waals surface area contributed by atoms with Crippen molar-refractivity contribution >= 4 is 17.1 Å². The average Bonchev–Trinajstić information content (AvgIpc) is 3.05. The lowest BCUT2D eigenvalue weighted by Crippen LogP contribution is -2.19. The zero-order valence-electron chi connectivity index (χ0n) is 11.5. The van der Waals surface area contributed by atoms with E-state index in [1.165, 1.54) is 0 Å². The van der Waals surface area contributed by atoms with Crippen LogP contribution >= 0.6 is 0 Å². The third kappa shape index (κ3) is 2.58. The van der Waals surface area contributed by atoms with Crippen molar-refractivity contribution in [3.63, 3.8) is 0 Å². The molecule has 0 radical (unpaired) electrons. The van der Waals surface area contributed by atoms with Crippen LogP contribution in [-0.2, 0) is 11.3 Å². The summed E-state index contributed by atoms with van der Waals surface area (Å²) in [5, 5.41) is 4.22. The second kappa shape index (κ2) is 5.28. The fourth-order valence-electron chi connectivity index (χ4n) is 2.10. The largest absolute Gasteiger partial charge is 0.484 e. The van der Waals surface area contributed by atoms with Gasteiger partial charge in [0.25, 0.3) is 5.91 Å². The SMILES string of the molecule is CCn1ncc2[nH]c(-c3cccc(OCC(N)=O)c3)nc21. The first-order valence-electron chi connectivity index (χ1n) is 6.60. The molecule has 0 aliphatic carbocycles. The van der Waals surface area contributed by atoms with Gasteiger partial charge < -0.3 is 15.5 Å². The van der Waals surface area contributed by atoms with Gasteiger partial charge in [-0.2, -0.15) is 5.10 Å². The highest BCUT2D eigenvalue weighted by atomic mass is 16.5. The number of ether oxygens (including phenoxy) is 1. The molecule has 0 atom stereocenters. The number of H-pyrrole nitrogens is 1. The van der Waals surface area contributed by atoms with E-state index >= 15 is 0 Å². The second-order valence-electron chi connectivity index (χ2n) is 4.57. The predicted molar refractivity (Wildman–Crippen MR) is 77.7 cm³/mol. The predicted octanol–water partition coefficient (Wildman–Crippen LogP) is 1.31. The molecule has 0 aliphatic heterocycles. The van der Waals surface area contributed by atoms with Crippen LogP contribution in [0.5, 0.6) is 5.75 Å². The van der Waals surface area contributed by atoms with Gasteiger partial charge in [-0.25, -0.2) is 9.67 Å². The highest BCUT2D eigenvalue weighted by Gasteiger charge is 2.10. The van der Waals surface area contributed by atoms with Crippen LogP contribution in [0.1, 0.15) is 6.92 Å². The molecule has 3 rings (SSSR count). The molecule has 3 N–H and O–H groups in total. The lowest BCUT2D eigenvalue weighted by Gasteiger charge is -2.04. The monoisotopic (exact) mass is 285 g/mol. The van der Waals surface area contributed by atoms with Gasteiger partial charge in [-0.1, -0.05) is 12.1 Å². The van der Waals surface area contributed by atoms with Gasteiger partial charge in [0.05, 0.1) is 6.20 Å². The number of nitrogens with two attached hydrogens (primary N) is 1. The second-order valence-corrected chi connectivity index (χ2v) is 4.57. The molecule has 0 saturated carbocycles. The topological polar surface area (TPSA) is 98.8 Å². The number of nitrogens with zero attached hydrogens (tertiary/aromatic N) is 3. The smallest absolute Gasteiger partial charge is 0.255 e. The average molecular weight is 285 g/mol. The first kappa shape index (κ1) is 13.2. The van der Waals surface area contributed by atoms with E-state index in [0.29, 0.717) is 5.75 Å². The minimum absolute atomic E-state index is 0.144. The molecule has 0 bridgehead atoms. The molecule has 108 valence electrons. The maximum absolute atomic E-state index is 10.7. The molecule has 0 fully saturated rings. The summed E-state index contributed by atoms with van der Waals surface area (Å²) in [5.41, 5.74) is 7.64. The summed E-state index contributed by atoms with van der Waals surface area (Å²) < 4.78 is 7.12. The molecule has 7 heteroatoms. The van der Waals surface area contributed by atoms with Gasteiger partial charge in [-0.05, 0) is 19.1 Å². The molecular weight excluding hydrogens is 270 g/mol. The van der Waals surface area contributed by atoms with Gasteiger partial charge in [-0.15, -0.1) is 0 Å². The Bertz CT molecular complexity index is 790. The molecule has 0 unspecified atom stereocenters. The minimum atomic E-state index is -0.507. The summed E-state index contributed by atoms with van der Waals surface area (Å²) in [6, 6.07) is 7.33. The van der Waals surface area contributed by atoms with Crippen LogP contribution in [0.4, 0.5) is 0 Å². The molecule has 0 saturated heterocycles. The Morgan fingerprint density at radius 3 is 3.10 bits per heavy atom. The number of carbonyl (C=O) groups excluding carboxylic acids is 1. The van der Waals surface area contributed by atoms with E-state index in [1.54, 1.807) is 12.3 Å². The highest BCUT2D eigenvalue weighted by Crippen LogP contribution is 2.24. The molecule has 0 spiro atoms. The molecule has 0 aliphatic rings. The molecular formula is C14H15N5O2. The Labute approximate surface area is 120 Å². The normalized spacial score (nSPS) is 10.9. The number of aromatic amines is 1. The summed E-state index contributed by atoms with van der Waals surface area (Å²) in [6.45, 7) is 2.63. The zero-order chi connectivity index (χ0) is 14.8. The Morgan fingerprint density at radius 1 is 1.48 bits per heavy atom. The molecule has 2 heterocycles. The van der Waals surface area contributed by atoms with Crippen LogP contribution in [0.25, 0.3) is 22.6 Å². The molecule has 2 aromatic heterocycles. The van der Waals surface area contributed by atoms with Crippen molar-refractivity contribution in [2.75, 3.05) is 6.61 Å². The van der Waals surface area contributed by atoms with Crippen molar-refractivity contribution in [2.45, 2.75) is 13.5 Å². The number of nitrogens with one attached hydrogen (secondary N) is 1. The number of aryl methyl sites for hydroxylation is 1. The van der Waals surface area contributed by atoms with E-state index in [9.17, 15) is 4.79 Å². The standard InChI is InChI=1S/C14H15N5O2/c1-2-19-14-11(7-16-19)17-13(18-14)9-4-3-5-10(6-9)21-8-12(15)20/h3-7H,2,8H2,1H3,(H2,15,20)(H,17,18). The molecule has 21 heavy (non-hydrogen) atoms. The number of rotatable bonds is 5. The first-order valence-corrected chi connectivity index (χ1v) is 6.60. The van der Waals surface area contributed by atoms with E-state index < -0.39 is 5.91 Å². The van der Waals surface area contributed by atoms with Gasteiger partial charge in [0, 0.05) is 12.1 Å². The van der Waals surface area contributed by atoms with E-state index in [1.807, 2.05) is 29.8 Å². The van der Waals surface area contributed by atoms with Crippen molar-refractivity contribution in [1.29, 1.82) is 0 Å². The number of hydrogen-bond donors (Lipinski definition) is 2. The molecule has 3 aromatic rings. The number of aromatic nitrogens is 4. The van der Waals surface area contributed by atoms with Gasteiger partial charge in [0.1, 0.15) is 17.1 Å². The zero-order valence-corrected chi connectivity index (χ0v) is 11.5. The quantitative estimate of drug-likeness (QED) is 0.738. The van der Waals surface area contributed by atoms with Crippen molar-refractivity contribution in [1.82, 2.24) is 19.7 Å². The van der Waals surface area contributed by atoms with Crippen LogP contribution in [0.15, 0.2) is 30.5 Å². The number of amides is 1. The fourth-order valence-corrected chi connectivity index (χ4v) is 2.10. The van der Waals surface area contributed by atoms with Gasteiger partial charge in [-0.3, -0.25) is 4.79 Å². The minimum Gasteiger partial charge on any atom is -0.484 e. The van der Waals surface area contributed by atoms with E-state index in [-0.39, 0.29) is 6.61 Å². The Balaban J connectivity index is 1.92. The third-order valence-electron chi connectivity index (χ3n) is 3.07. The van der Waals surface area contributed by atoms with E-state index in [4.69, 9.17) is 10.5 Å². The number of carbonyl (C=O) groups is 1. The Hall–Kier alpha value is -2.83. The van der Waals surface area contributed by atoms with Crippen LogP contribution < -0.4 is 10.5 Å². The number of benzene rings is 1. The van der Waals surface area contributed by atoms with Gasteiger partial charge in [0.15, 0.2) is 12.3 Å². The van der Waals surface area contributed by atoms with Crippen molar-refractivity contribution in [2.24, 2.45) is 5.73 Å². The van der Waals surface area contributed by atoms with E-state index in [2.05, 4.69) is 15.1 Å². The first-order chi connectivity index (χ1) is 10.2. The highest BCUT2D eigenvalue weighted by molar-refractivity contribution is 5.76. The van der Waals surface area contributed by atoms with Crippen LogP contribution in [0.2, 0.25) is 0 Å². The Morgan fingerprint density at radius 2 is 2.33 bits per heavy atom. The fraction of sp³-hybridized carbons (Fsp3) is 0.214. The maximum Gasteiger partial charge on any atom is 0.255 e. The lowest BCUT2D eigenvalue weighted by molar-refractivity contribution is -0.119. The number of hydrogen-bond acceptors (Lipinski definition) is 4. The van der Waals surface area contributed by atoms with Crippen LogP contribution in [0.3, 0.4) is 0 Å².